The summed E-state index contributed by atoms with van der Waals surface area (Å²) in [4.78, 5) is 52.8. The Balaban J connectivity index is 1.80. The Bertz CT molecular complexity index is 1370. The summed E-state index contributed by atoms with van der Waals surface area (Å²) in [6.45, 7) is 5.19. The summed E-state index contributed by atoms with van der Waals surface area (Å²) >= 11 is 0. The summed E-state index contributed by atoms with van der Waals surface area (Å²) in [6, 6.07) is 1.70. The van der Waals surface area contributed by atoms with Gasteiger partial charge in [-0.15, -0.1) is 0 Å². The lowest BCUT2D eigenvalue weighted by molar-refractivity contribution is -0.144. The Kier molecular flexibility index (Phi) is 6.76. The number of primary amides is 1. The Morgan fingerprint density at radius 1 is 1.15 bits per heavy atom. The van der Waals surface area contributed by atoms with Gasteiger partial charge in [0.2, 0.25) is 11.7 Å². The Morgan fingerprint density at radius 3 is 2.36 bits per heavy atom. The average molecular weight is 543 g/mol. The van der Waals surface area contributed by atoms with Crippen LogP contribution in [0, 0.1) is 17.3 Å². The average Bonchev–Trinajstić information content (AvgIpc) is 2.81. The summed E-state index contributed by atoms with van der Waals surface area (Å²) in [7, 11) is 3.54. The first-order valence-corrected chi connectivity index (χ1v) is 12.6. The highest BCUT2D eigenvalue weighted by atomic mass is 16.3. The number of aromatic hydroxyl groups is 1. The Morgan fingerprint density at radius 2 is 1.79 bits per heavy atom. The summed E-state index contributed by atoms with van der Waals surface area (Å²) in [5, 5.41) is 44.1. The van der Waals surface area contributed by atoms with Crippen molar-refractivity contribution in [2.45, 2.75) is 52.2 Å². The predicted molar refractivity (Wildman–Crippen MR) is 140 cm³/mol. The fourth-order valence-electron chi connectivity index (χ4n) is 5.66. The van der Waals surface area contributed by atoms with Crippen molar-refractivity contribution in [3.8, 4) is 5.75 Å². The number of allylic oxidation sites excluding steroid dienone is 2. The van der Waals surface area contributed by atoms with Gasteiger partial charge >= 0.3 is 0 Å². The smallest absolute Gasteiger partial charge is 0.255 e. The van der Waals surface area contributed by atoms with Crippen LogP contribution in [0.15, 0.2) is 28.7 Å². The number of Topliss-reactive ketones (excluding diaryl/α,β-unsaturated/α-hetero) is 2. The minimum atomic E-state index is -2.62. The van der Waals surface area contributed by atoms with E-state index in [9.17, 15) is 39.6 Å². The third kappa shape index (κ3) is 4.33. The highest BCUT2D eigenvalue weighted by Gasteiger charge is 2.59. The molecule has 0 saturated heterocycles. The fraction of sp³-hybridized carbons (Fsp3) is 0.481. The molecule has 1 unspecified atom stereocenters. The maximum absolute atomic E-state index is 13.9. The molecule has 3 aliphatic carbocycles. The van der Waals surface area contributed by atoms with Gasteiger partial charge in [0.05, 0.1) is 5.56 Å². The molecule has 12 nitrogen and oxygen atoms in total. The molecule has 0 radical (unpaired) electrons. The van der Waals surface area contributed by atoms with Gasteiger partial charge in [0.25, 0.3) is 5.91 Å². The van der Waals surface area contributed by atoms with Crippen molar-refractivity contribution in [3.63, 3.8) is 0 Å². The number of aliphatic hydroxyl groups is 3. The van der Waals surface area contributed by atoms with Crippen LogP contribution in [0.25, 0.3) is 0 Å². The van der Waals surface area contributed by atoms with Gasteiger partial charge in [-0.1, -0.05) is 20.8 Å². The number of ketones is 2. The number of phenolic OH excluding ortho intramolecular Hbond substituents is 1. The van der Waals surface area contributed by atoms with E-state index < -0.39 is 57.4 Å². The van der Waals surface area contributed by atoms with E-state index in [-0.39, 0.29) is 48.6 Å². The number of nitrogens with two attached hydrogens (primary N) is 1. The fourth-order valence-corrected chi connectivity index (χ4v) is 5.66. The van der Waals surface area contributed by atoms with E-state index in [1.54, 1.807) is 45.8 Å². The van der Waals surface area contributed by atoms with E-state index in [1.165, 1.54) is 0 Å². The van der Waals surface area contributed by atoms with E-state index in [1.807, 2.05) is 0 Å². The number of benzene rings is 1. The van der Waals surface area contributed by atoms with Gasteiger partial charge in [-0.25, -0.2) is 5.43 Å². The van der Waals surface area contributed by atoms with Crippen molar-refractivity contribution >= 4 is 29.1 Å². The maximum Gasteiger partial charge on any atom is 0.255 e. The lowest BCUT2D eigenvalue weighted by Gasteiger charge is -2.46. The van der Waals surface area contributed by atoms with E-state index in [4.69, 9.17) is 5.73 Å². The van der Waals surface area contributed by atoms with Crippen LogP contribution in [-0.4, -0.2) is 63.5 Å². The summed E-state index contributed by atoms with van der Waals surface area (Å²) < 4.78 is 0. The summed E-state index contributed by atoms with van der Waals surface area (Å²) in [5.74, 6) is -7.02. The van der Waals surface area contributed by atoms with Crippen molar-refractivity contribution in [3.05, 3.63) is 45.4 Å². The molecule has 0 heterocycles. The number of hydrogen-bond acceptors (Lipinski definition) is 10. The number of amides is 2. The molecular weight excluding hydrogens is 508 g/mol. The van der Waals surface area contributed by atoms with Gasteiger partial charge in [0, 0.05) is 55.2 Å². The number of rotatable bonds is 5. The molecule has 1 aromatic carbocycles. The van der Waals surface area contributed by atoms with Crippen LogP contribution in [0.3, 0.4) is 0 Å². The van der Waals surface area contributed by atoms with Gasteiger partial charge in [0.1, 0.15) is 22.8 Å². The lowest BCUT2D eigenvalue weighted by atomic mass is 9.60. The number of nitrogens with one attached hydrogen (secondary N) is 2. The Hall–Kier alpha value is -3.90. The van der Waals surface area contributed by atoms with Crippen molar-refractivity contribution in [2.24, 2.45) is 23.0 Å². The van der Waals surface area contributed by atoms with E-state index >= 15 is 0 Å². The van der Waals surface area contributed by atoms with E-state index in [2.05, 4.69) is 10.9 Å². The highest BCUT2D eigenvalue weighted by molar-refractivity contribution is 6.24. The SMILES string of the molecule is CN(C)c1cc(CNNC(=O)C(C)(C)C)c(O)c2c1CC1C[C@H]3CC(O)=C(C(N)=O)C(=O)[C@@]3(O)C(O)=C1C2=O. The Labute approximate surface area is 225 Å². The van der Waals surface area contributed by atoms with Gasteiger partial charge in [0.15, 0.2) is 11.4 Å². The van der Waals surface area contributed by atoms with Crippen molar-refractivity contribution in [1.29, 1.82) is 0 Å². The van der Waals surface area contributed by atoms with Crippen molar-refractivity contribution in [1.82, 2.24) is 10.9 Å². The highest BCUT2D eigenvalue weighted by Crippen LogP contribution is 2.52. The zero-order chi connectivity index (χ0) is 29.2. The second kappa shape index (κ2) is 9.38. The van der Waals surface area contributed by atoms with Crippen LogP contribution in [0.4, 0.5) is 5.69 Å². The molecule has 3 atom stereocenters. The van der Waals surface area contributed by atoms with Crippen LogP contribution >= 0.6 is 0 Å². The van der Waals surface area contributed by atoms with E-state index in [0.717, 1.165) is 0 Å². The number of fused-ring (bicyclic) bond motifs is 3. The zero-order valence-electron chi connectivity index (χ0n) is 22.5. The molecule has 1 aromatic rings. The van der Waals surface area contributed by atoms with Crippen LogP contribution in [0.5, 0.6) is 5.75 Å². The zero-order valence-corrected chi connectivity index (χ0v) is 22.5. The molecule has 210 valence electrons. The topological polar surface area (TPSA) is 203 Å². The molecular formula is C27H34N4O8. The third-order valence-electron chi connectivity index (χ3n) is 7.76. The number of aliphatic hydroxyl groups excluding tert-OH is 2. The van der Waals surface area contributed by atoms with Gasteiger partial charge in [-0.2, -0.15) is 0 Å². The monoisotopic (exact) mass is 542 g/mol. The molecule has 0 saturated carbocycles. The standard InChI is InChI=1S/C27H34N4O8/c1-26(2,3)25(38)30-29-10-12-8-15(31(4)5)14-7-11-6-13-9-16(32)19(24(28)37)23(36)27(13,39)22(35)17(11)21(34)18(14)20(12)33/h8,11,13,29,32-33,35,39H,6-7,9-10H2,1-5H3,(H2,28,37)(H,30,38)/t11?,13-,27-/m0/s1. The first-order chi connectivity index (χ1) is 18.0. The molecule has 2 amide bonds. The number of phenols is 1. The first kappa shape index (κ1) is 28.1. The van der Waals surface area contributed by atoms with Gasteiger partial charge < -0.3 is 31.1 Å². The molecule has 12 heteroatoms. The number of anilines is 1. The van der Waals surface area contributed by atoms with Crippen LogP contribution in [0.1, 0.15) is 55.1 Å². The van der Waals surface area contributed by atoms with Gasteiger partial charge in [-0.3, -0.25) is 24.6 Å². The summed E-state index contributed by atoms with van der Waals surface area (Å²) in [5.41, 5.74) is 7.61. The molecule has 0 aliphatic heterocycles. The minimum Gasteiger partial charge on any atom is -0.511 e. The maximum atomic E-state index is 13.9. The van der Waals surface area contributed by atoms with Gasteiger partial charge in [-0.05, 0) is 30.4 Å². The third-order valence-corrected chi connectivity index (χ3v) is 7.76. The molecule has 0 aromatic heterocycles. The number of hydrogen-bond donors (Lipinski definition) is 7. The van der Waals surface area contributed by atoms with Crippen molar-refractivity contribution in [2.75, 3.05) is 19.0 Å². The van der Waals surface area contributed by atoms with Crippen LogP contribution in [0.2, 0.25) is 0 Å². The predicted octanol–water partition coefficient (Wildman–Crippen LogP) is 0.813. The molecule has 4 rings (SSSR count). The summed E-state index contributed by atoms with van der Waals surface area (Å²) in [6.07, 6.45) is -0.0330. The molecule has 0 spiro atoms. The van der Waals surface area contributed by atoms with Crippen LogP contribution in [-0.2, 0) is 27.3 Å². The lowest BCUT2D eigenvalue weighted by Crippen LogP contribution is -2.57. The number of nitrogens with zero attached hydrogens (tertiary/aromatic N) is 1. The number of carbonyl (C=O) groups excluding carboxylic acids is 4. The largest absolute Gasteiger partial charge is 0.511 e. The quantitative estimate of drug-likeness (QED) is 0.206. The molecule has 0 fully saturated rings. The molecule has 39 heavy (non-hydrogen) atoms. The minimum absolute atomic E-state index is 0.0277. The second-order valence-corrected chi connectivity index (χ2v) is 11.6. The number of hydrazine groups is 1. The van der Waals surface area contributed by atoms with Crippen LogP contribution < -0.4 is 21.5 Å². The molecule has 3 aliphatic rings. The number of carbonyl (C=O) groups is 4. The molecule has 8 N–H and O–H groups in total. The first-order valence-electron chi connectivity index (χ1n) is 12.6. The molecule has 0 bridgehead atoms. The second-order valence-electron chi connectivity index (χ2n) is 11.6. The normalized spacial score (nSPS) is 24.7. The van der Waals surface area contributed by atoms with E-state index in [0.29, 0.717) is 16.8 Å². The van der Waals surface area contributed by atoms with Crippen molar-refractivity contribution < 1.29 is 39.6 Å².